The molecule has 3 amide bonds. The maximum atomic E-state index is 11.8. The third-order valence-electron chi connectivity index (χ3n) is 1.13. The number of amides is 3. The van der Waals surface area contributed by atoms with E-state index in [9.17, 15) is 22.8 Å². The third-order valence-corrected chi connectivity index (χ3v) is 1.59. The molecule has 0 N–H and O–H groups in total. The summed E-state index contributed by atoms with van der Waals surface area (Å²) in [5.41, 5.74) is 0. The predicted octanol–water partition coefficient (Wildman–Crippen LogP) is -0.335. The molecule has 0 aromatic carbocycles. The van der Waals surface area contributed by atoms with Gasteiger partial charge in [-0.2, -0.15) is 4.90 Å². The Hall–Kier alpha value is -1.21. The second-order valence-corrected chi connectivity index (χ2v) is 2.63. The predicted molar refractivity (Wildman–Crippen MR) is 35.6 cm³/mol. The van der Waals surface area contributed by atoms with E-state index in [-0.39, 0.29) is 4.90 Å². The molecule has 0 saturated heterocycles. The first-order valence-corrected chi connectivity index (χ1v) is 3.77. The number of hydrogen-bond acceptors (Lipinski definition) is 4. The van der Waals surface area contributed by atoms with Gasteiger partial charge in [0.1, 0.15) is 0 Å². The molecule has 0 spiro atoms. The lowest BCUT2D eigenvalue weighted by atomic mass is 10.6. The molecule has 5 nitrogen and oxygen atoms in total. The van der Waals surface area contributed by atoms with Crippen molar-refractivity contribution in [2.24, 2.45) is 0 Å². The van der Waals surface area contributed by atoms with E-state index in [1.165, 1.54) is 0 Å². The second kappa shape index (κ2) is 3.03. The fourth-order valence-electron chi connectivity index (χ4n) is 0.652. The van der Waals surface area contributed by atoms with E-state index < -0.39 is 28.6 Å². The lowest BCUT2D eigenvalue weighted by Crippen LogP contribution is -2.38. The van der Waals surface area contributed by atoms with Gasteiger partial charge in [0, 0.05) is 16.0 Å². The molecule has 0 radical (unpaired) electrons. The van der Waals surface area contributed by atoms with E-state index >= 15 is 0 Å². The van der Waals surface area contributed by atoms with Gasteiger partial charge >= 0.3 is 5.24 Å². The molecule has 1 heterocycles. The summed E-state index contributed by atoms with van der Waals surface area (Å²) in [5, 5.41) is -1.64. The topological polar surface area (TPSA) is 77.5 Å². The third kappa shape index (κ3) is 1.36. The summed E-state index contributed by atoms with van der Waals surface area (Å²) in [4.78, 5) is 31.8. The number of hydrogen-bond donors (Lipinski definition) is 0. The van der Waals surface area contributed by atoms with Gasteiger partial charge in [0.25, 0.3) is 23.4 Å². The zero-order valence-electron chi connectivity index (χ0n) is 5.52. The van der Waals surface area contributed by atoms with Crippen molar-refractivity contribution in [3.8, 4) is 0 Å². The molecule has 0 aromatic rings. The average molecular weight is 191 g/mol. The highest BCUT2D eigenvalue weighted by Gasteiger charge is 2.39. The fraction of sp³-hybridized carbons (Fsp3) is 0. The molecule has 0 aromatic heterocycles. The molecule has 1 aliphatic heterocycles. The Bertz CT molecular complexity index is 269. The van der Waals surface area contributed by atoms with Crippen LogP contribution < -0.4 is 0 Å². The molecule has 7 heteroatoms. The van der Waals surface area contributed by atoms with Crippen molar-refractivity contribution in [1.82, 2.24) is 4.90 Å². The van der Waals surface area contributed by atoms with Gasteiger partial charge in [-0.3, -0.25) is 9.59 Å². The van der Waals surface area contributed by atoms with Gasteiger partial charge in [0.05, 0.1) is 0 Å². The van der Waals surface area contributed by atoms with Crippen molar-refractivity contribution in [3.63, 3.8) is 0 Å². The van der Waals surface area contributed by atoms with E-state index in [0.29, 0.717) is 0 Å². The number of nitrogens with zero attached hydrogens (tertiary/aromatic N) is 1. The van der Waals surface area contributed by atoms with Crippen LogP contribution in [-0.4, -0.2) is 26.5 Å². The van der Waals surface area contributed by atoms with E-state index in [4.69, 9.17) is 0 Å². The first-order valence-electron chi connectivity index (χ1n) is 2.72. The van der Waals surface area contributed by atoms with Gasteiger partial charge < -0.3 is 4.55 Å². The lowest BCUT2D eigenvalue weighted by molar-refractivity contribution is -0.132. The molecule has 1 atom stereocenters. The van der Waals surface area contributed by atoms with E-state index in [1.807, 2.05) is 0 Å². The van der Waals surface area contributed by atoms with Crippen LogP contribution in [-0.2, 0) is 21.2 Å². The van der Waals surface area contributed by atoms with Crippen LogP contribution in [0.3, 0.4) is 0 Å². The average Bonchev–Trinajstić information content (AvgIpc) is 2.30. The van der Waals surface area contributed by atoms with Crippen molar-refractivity contribution >= 4 is 28.6 Å². The van der Waals surface area contributed by atoms with Crippen LogP contribution in [0.4, 0.5) is 8.68 Å². The summed E-state index contributed by atoms with van der Waals surface area (Å²) in [5.74, 6) is -1.95. The van der Waals surface area contributed by atoms with Gasteiger partial charge in [0.15, 0.2) is 0 Å². The minimum absolute atomic E-state index is 0.0177. The van der Waals surface area contributed by atoms with Gasteiger partial charge in [-0.1, -0.05) is 0 Å². The largest absolute Gasteiger partial charge is 0.571 e. The Balaban J connectivity index is 2.84. The van der Waals surface area contributed by atoms with E-state index in [1.54, 1.807) is 0 Å². The van der Waals surface area contributed by atoms with Crippen LogP contribution in [0.25, 0.3) is 0 Å². The van der Waals surface area contributed by atoms with Crippen LogP contribution in [0.5, 0.6) is 0 Å². The van der Waals surface area contributed by atoms with Gasteiger partial charge in [-0.15, -0.1) is 0 Å². The quantitative estimate of drug-likeness (QED) is 0.387. The van der Waals surface area contributed by atoms with Crippen molar-refractivity contribution in [2.75, 3.05) is 0 Å². The second-order valence-electron chi connectivity index (χ2n) is 1.83. The zero-order chi connectivity index (χ0) is 9.30. The maximum Gasteiger partial charge on any atom is 0.485 e. The molecular weight excluding hydrogens is 189 g/mol. The van der Waals surface area contributed by atoms with Crippen LogP contribution in [0.1, 0.15) is 0 Å². The molecular formula is C5H2FNO4S. The Morgan fingerprint density at radius 1 is 1.42 bits per heavy atom. The van der Waals surface area contributed by atoms with Crippen molar-refractivity contribution < 1.29 is 22.8 Å². The van der Waals surface area contributed by atoms with Gasteiger partial charge in [-0.05, 0) is 0 Å². The van der Waals surface area contributed by atoms with Gasteiger partial charge in [0.2, 0.25) is 0 Å². The molecule has 0 saturated carbocycles. The first kappa shape index (κ1) is 8.88. The van der Waals surface area contributed by atoms with Crippen LogP contribution in [0.2, 0.25) is 0 Å². The van der Waals surface area contributed by atoms with E-state index in [0.717, 1.165) is 12.2 Å². The first-order chi connectivity index (χ1) is 5.54. The zero-order valence-corrected chi connectivity index (χ0v) is 6.34. The summed E-state index contributed by atoms with van der Waals surface area (Å²) in [6.45, 7) is 0. The minimum atomic E-state index is -3.34. The smallest absolute Gasteiger partial charge is 0.485 e. The Labute approximate surface area is 69.3 Å². The standard InChI is InChI=1S/C5H2FNO4S/c6-12(11)5(10)7-3(8)1-2-4(7)9/h1-2H. The summed E-state index contributed by atoms with van der Waals surface area (Å²) in [6, 6.07) is 0. The molecule has 0 bridgehead atoms. The summed E-state index contributed by atoms with van der Waals surface area (Å²) >= 11 is -3.34. The highest BCUT2D eigenvalue weighted by atomic mass is 32.3. The molecule has 1 rings (SSSR count). The number of imide groups is 3. The number of halogens is 1. The molecule has 1 aliphatic rings. The van der Waals surface area contributed by atoms with Gasteiger partial charge in [-0.25, -0.2) is 4.79 Å². The fourth-order valence-corrected chi connectivity index (χ4v) is 0.975. The van der Waals surface area contributed by atoms with Crippen LogP contribution >= 0.6 is 0 Å². The van der Waals surface area contributed by atoms with Crippen molar-refractivity contribution in [3.05, 3.63) is 12.2 Å². The normalized spacial score (nSPS) is 18.7. The highest BCUT2D eigenvalue weighted by Crippen LogP contribution is 2.09. The number of carbonyl (C=O) groups excluding carboxylic acids is 3. The Morgan fingerprint density at radius 3 is 2.17 bits per heavy atom. The summed E-state index contributed by atoms with van der Waals surface area (Å²) < 4.78 is 21.8. The van der Waals surface area contributed by atoms with Crippen LogP contribution in [0, 0.1) is 0 Å². The molecule has 64 valence electrons. The highest BCUT2D eigenvalue weighted by molar-refractivity contribution is 8.01. The lowest BCUT2D eigenvalue weighted by Gasteiger charge is -2.05. The summed E-state index contributed by atoms with van der Waals surface area (Å²) in [7, 11) is 0. The minimum Gasteiger partial charge on any atom is -0.571 e. The Kier molecular flexibility index (Phi) is 2.25. The molecule has 12 heavy (non-hydrogen) atoms. The maximum absolute atomic E-state index is 11.8. The van der Waals surface area contributed by atoms with E-state index in [2.05, 4.69) is 0 Å². The van der Waals surface area contributed by atoms with Crippen molar-refractivity contribution in [2.45, 2.75) is 0 Å². The molecule has 0 fully saturated rings. The van der Waals surface area contributed by atoms with Crippen LogP contribution in [0.15, 0.2) is 12.2 Å². The monoisotopic (exact) mass is 191 g/mol. The number of carbonyl (C=O) groups is 3. The Morgan fingerprint density at radius 2 is 1.83 bits per heavy atom. The summed E-state index contributed by atoms with van der Waals surface area (Å²) in [6.07, 6.45) is 1.60. The molecule has 1 unspecified atom stereocenters. The molecule has 0 aliphatic carbocycles. The number of rotatable bonds is 0. The van der Waals surface area contributed by atoms with Crippen molar-refractivity contribution in [1.29, 1.82) is 0 Å². The SMILES string of the molecule is O=C1C=CC(=O)N1C(=O)[S+]([O-])F.